The third-order valence-electron chi connectivity index (χ3n) is 5.07. The van der Waals surface area contributed by atoms with Crippen molar-refractivity contribution in [3.63, 3.8) is 0 Å². The number of nitrogens with one attached hydrogen (secondary N) is 1. The monoisotopic (exact) mass is 462 g/mol. The van der Waals surface area contributed by atoms with Gasteiger partial charge in [0.05, 0.1) is 17.6 Å². The molecule has 2 amide bonds. The maximum Gasteiger partial charge on any atom is 0.337 e. The van der Waals surface area contributed by atoms with Gasteiger partial charge < -0.3 is 9.64 Å². The third kappa shape index (κ3) is 6.36. The quantitative estimate of drug-likeness (QED) is 0.373. The number of ether oxygens (including phenoxy) is 1. The van der Waals surface area contributed by atoms with Crippen LogP contribution in [0.1, 0.15) is 28.8 Å². The van der Waals surface area contributed by atoms with E-state index in [4.69, 9.17) is 12.2 Å². The van der Waals surface area contributed by atoms with Crippen LogP contribution in [0.4, 0.5) is 0 Å². The van der Waals surface area contributed by atoms with Gasteiger partial charge in [0.25, 0.3) is 5.91 Å². The standard InChI is InChI=1S/C21H26N4O4S2/c1-23-10-12-24(13-11-23)22-18(26)4-3-9-25-19(27)17(31-21(25)30)14-15-5-7-16(8-6-15)20(28)29-2/h5-8,14H,3-4,9-13H2,1-2H3,(H,22,26). The van der Waals surface area contributed by atoms with Gasteiger partial charge in [-0.05, 0) is 37.2 Å². The van der Waals surface area contributed by atoms with Gasteiger partial charge in [-0.1, -0.05) is 36.1 Å². The minimum atomic E-state index is -0.408. The molecule has 0 saturated carbocycles. The second kappa shape index (κ2) is 10.9. The molecule has 2 aliphatic heterocycles. The fourth-order valence-corrected chi connectivity index (χ4v) is 4.53. The second-order valence-electron chi connectivity index (χ2n) is 7.38. The van der Waals surface area contributed by atoms with Gasteiger partial charge in [0.2, 0.25) is 5.91 Å². The van der Waals surface area contributed by atoms with Crippen molar-refractivity contribution < 1.29 is 19.1 Å². The molecule has 0 unspecified atom stereocenters. The van der Waals surface area contributed by atoms with Crippen LogP contribution in [-0.2, 0) is 14.3 Å². The highest BCUT2D eigenvalue weighted by Gasteiger charge is 2.31. The number of carbonyl (C=O) groups excluding carboxylic acids is 3. The van der Waals surface area contributed by atoms with Gasteiger partial charge in [-0.15, -0.1) is 0 Å². The first-order valence-corrected chi connectivity index (χ1v) is 11.3. The Kier molecular flexibility index (Phi) is 8.19. The molecule has 1 aromatic carbocycles. The van der Waals surface area contributed by atoms with E-state index in [2.05, 4.69) is 22.1 Å². The van der Waals surface area contributed by atoms with Gasteiger partial charge in [0.1, 0.15) is 4.32 Å². The number of thiocarbonyl (C=S) groups is 1. The average molecular weight is 463 g/mol. The molecule has 3 rings (SSSR count). The van der Waals surface area contributed by atoms with E-state index in [0.717, 1.165) is 31.7 Å². The molecule has 0 spiro atoms. The SMILES string of the molecule is COC(=O)c1ccc(C=C2SC(=S)N(CCCC(=O)NN3CCN(C)CC3)C2=O)cc1. The van der Waals surface area contributed by atoms with Crippen molar-refractivity contribution in [2.45, 2.75) is 12.8 Å². The van der Waals surface area contributed by atoms with Gasteiger partial charge >= 0.3 is 5.97 Å². The van der Waals surface area contributed by atoms with Crippen LogP contribution in [0.3, 0.4) is 0 Å². The van der Waals surface area contributed by atoms with Gasteiger partial charge in [0.15, 0.2) is 0 Å². The number of thioether (sulfide) groups is 1. The maximum atomic E-state index is 12.7. The summed E-state index contributed by atoms with van der Waals surface area (Å²) in [5.74, 6) is -0.614. The number of carbonyl (C=O) groups is 3. The smallest absolute Gasteiger partial charge is 0.337 e. The Labute approximate surface area is 191 Å². The minimum absolute atomic E-state index is 0.0452. The van der Waals surface area contributed by atoms with Crippen molar-refractivity contribution in [1.29, 1.82) is 0 Å². The predicted octanol–water partition coefficient (Wildman–Crippen LogP) is 1.73. The highest BCUT2D eigenvalue weighted by atomic mass is 32.2. The van der Waals surface area contributed by atoms with E-state index < -0.39 is 5.97 Å². The predicted molar refractivity (Wildman–Crippen MR) is 124 cm³/mol. The van der Waals surface area contributed by atoms with E-state index in [1.807, 2.05) is 5.01 Å². The summed E-state index contributed by atoms with van der Waals surface area (Å²) in [6.45, 7) is 3.87. The van der Waals surface area contributed by atoms with Gasteiger partial charge in [0, 0.05) is 39.1 Å². The molecule has 2 heterocycles. The fourth-order valence-electron chi connectivity index (χ4n) is 3.23. The lowest BCUT2D eigenvalue weighted by molar-refractivity contribution is -0.127. The van der Waals surface area contributed by atoms with E-state index in [-0.39, 0.29) is 11.8 Å². The van der Waals surface area contributed by atoms with Crippen LogP contribution >= 0.6 is 24.0 Å². The largest absolute Gasteiger partial charge is 0.465 e. The van der Waals surface area contributed by atoms with Crippen molar-refractivity contribution in [3.8, 4) is 0 Å². The molecule has 0 radical (unpaired) electrons. The summed E-state index contributed by atoms with van der Waals surface area (Å²) in [6, 6.07) is 6.80. The molecule has 0 atom stereocenters. The number of hydrogen-bond acceptors (Lipinski definition) is 8. The summed E-state index contributed by atoms with van der Waals surface area (Å²) < 4.78 is 5.17. The van der Waals surface area contributed by atoms with E-state index >= 15 is 0 Å². The summed E-state index contributed by atoms with van der Waals surface area (Å²) >= 11 is 6.60. The highest BCUT2D eigenvalue weighted by Crippen LogP contribution is 2.32. The summed E-state index contributed by atoms with van der Waals surface area (Å²) in [5, 5.41) is 1.94. The number of esters is 1. The molecule has 1 aromatic rings. The molecular weight excluding hydrogens is 436 g/mol. The number of likely N-dealkylation sites (N-methyl/N-ethyl adjacent to an activating group) is 1. The Bertz CT molecular complexity index is 880. The molecule has 0 bridgehead atoms. The molecule has 2 aliphatic rings. The van der Waals surface area contributed by atoms with E-state index in [1.165, 1.54) is 23.8 Å². The first-order valence-electron chi connectivity index (χ1n) is 10.0. The number of hydrazine groups is 1. The Hall–Kier alpha value is -2.27. The van der Waals surface area contributed by atoms with Gasteiger partial charge in [-0.25, -0.2) is 9.80 Å². The molecular formula is C21H26N4O4S2. The summed E-state index contributed by atoms with van der Waals surface area (Å²) in [4.78, 5) is 40.7. The van der Waals surface area contributed by atoms with Crippen LogP contribution in [0.25, 0.3) is 6.08 Å². The van der Waals surface area contributed by atoms with Crippen LogP contribution in [0.5, 0.6) is 0 Å². The lowest BCUT2D eigenvalue weighted by atomic mass is 10.1. The van der Waals surface area contributed by atoms with Crippen LogP contribution in [0.2, 0.25) is 0 Å². The summed E-state index contributed by atoms with van der Waals surface area (Å²) in [7, 11) is 3.39. The number of nitrogens with zero attached hydrogens (tertiary/aromatic N) is 3. The molecule has 0 aromatic heterocycles. The normalized spacial score (nSPS) is 19.2. The first kappa shape index (κ1) is 23.4. The zero-order chi connectivity index (χ0) is 22.4. The Morgan fingerprint density at radius 1 is 1.19 bits per heavy atom. The molecule has 2 fully saturated rings. The van der Waals surface area contributed by atoms with Crippen LogP contribution in [0.15, 0.2) is 29.2 Å². The summed E-state index contributed by atoms with van der Waals surface area (Å²) in [6.07, 6.45) is 2.62. The molecule has 1 N–H and O–H groups in total. The van der Waals surface area contributed by atoms with Gasteiger partial charge in [-0.3, -0.25) is 19.9 Å². The molecule has 2 saturated heterocycles. The van der Waals surface area contributed by atoms with Crippen LogP contribution in [0, 0.1) is 0 Å². The van der Waals surface area contributed by atoms with Crippen molar-refractivity contribution in [1.82, 2.24) is 20.2 Å². The van der Waals surface area contributed by atoms with Gasteiger partial charge in [-0.2, -0.15) is 0 Å². The molecule has 10 heteroatoms. The molecule has 166 valence electrons. The van der Waals surface area contributed by atoms with Crippen molar-refractivity contribution in [3.05, 3.63) is 40.3 Å². The molecule has 8 nitrogen and oxygen atoms in total. The van der Waals surface area contributed by atoms with E-state index in [1.54, 1.807) is 30.3 Å². The maximum absolute atomic E-state index is 12.7. The Balaban J connectivity index is 1.49. The Morgan fingerprint density at radius 2 is 1.87 bits per heavy atom. The molecule has 0 aliphatic carbocycles. The number of rotatable bonds is 7. The lowest BCUT2D eigenvalue weighted by Crippen LogP contribution is -2.52. The van der Waals surface area contributed by atoms with Crippen LogP contribution < -0.4 is 5.43 Å². The summed E-state index contributed by atoms with van der Waals surface area (Å²) in [5.41, 5.74) is 4.16. The zero-order valence-electron chi connectivity index (χ0n) is 17.6. The highest BCUT2D eigenvalue weighted by molar-refractivity contribution is 8.26. The zero-order valence-corrected chi connectivity index (χ0v) is 19.3. The van der Waals surface area contributed by atoms with Crippen LogP contribution in [-0.4, -0.2) is 83.8 Å². The van der Waals surface area contributed by atoms with Crippen molar-refractivity contribution in [2.24, 2.45) is 0 Å². The first-order chi connectivity index (χ1) is 14.9. The number of hydrogen-bond donors (Lipinski definition) is 1. The number of benzene rings is 1. The lowest BCUT2D eigenvalue weighted by Gasteiger charge is -2.32. The minimum Gasteiger partial charge on any atom is -0.465 e. The fraction of sp³-hybridized carbons (Fsp3) is 0.429. The topological polar surface area (TPSA) is 82.2 Å². The van der Waals surface area contributed by atoms with E-state index in [0.29, 0.717) is 34.2 Å². The van der Waals surface area contributed by atoms with Crippen molar-refractivity contribution >= 4 is 52.2 Å². The van der Waals surface area contributed by atoms with Crippen molar-refractivity contribution in [2.75, 3.05) is 46.9 Å². The number of amides is 2. The Morgan fingerprint density at radius 3 is 2.52 bits per heavy atom. The second-order valence-corrected chi connectivity index (χ2v) is 9.05. The van der Waals surface area contributed by atoms with E-state index in [9.17, 15) is 14.4 Å². The average Bonchev–Trinajstić information content (AvgIpc) is 3.02. The molecule has 31 heavy (non-hydrogen) atoms. The number of methoxy groups -OCH3 is 1. The number of piperazine rings is 1. The third-order valence-corrected chi connectivity index (χ3v) is 6.45.